The highest BCUT2D eigenvalue weighted by molar-refractivity contribution is 5.39. The molecular weight excluding hydrogens is 194 g/mol. The SMILES string of the molecule is COc1c(OC2(C)CNC2)c(C)nn1C. The molecule has 5 heteroatoms. The van der Waals surface area contributed by atoms with Crippen molar-refractivity contribution >= 4 is 0 Å². The molecule has 1 saturated heterocycles. The topological polar surface area (TPSA) is 48.3 Å². The monoisotopic (exact) mass is 211 g/mol. The highest BCUT2D eigenvalue weighted by Crippen LogP contribution is 2.33. The van der Waals surface area contributed by atoms with E-state index in [-0.39, 0.29) is 5.60 Å². The largest absolute Gasteiger partial charge is 0.479 e. The molecule has 1 aliphatic heterocycles. The Balaban J connectivity index is 2.26. The number of ether oxygens (including phenoxy) is 2. The van der Waals surface area contributed by atoms with Crippen LogP contribution in [0.3, 0.4) is 0 Å². The van der Waals surface area contributed by atoms with Gasteiger partial charge in [0.1, 0.15) is 11.3 Å². The molecule has 0 unspecified atom stereocenters. The zero-order valence-corrected chi connectivity index (χ0v) is 9.63. The second-order valence-electron chi connectivity index (χ2n) is 4.20. The number of rotatable bonds is 3. The van der Waals surface area contributed by atoms with E-state index >= 15 is 0 Å². The Morgan fingerprint density at radius 1 is 1.47 bits per heavy atom. The number of nitrogens with one attached hydrogen (secondary N) is 1. The van der Waals surface area contributed by atoms with E-state index < -0.39 is 0 Å². The molecule has 0 bridgehead atoms. The Morgan fingerprint density at radius 3 is 2.60 bits per heavy atom. The average molecular weight is 211 g/mol. The zero-order valence-electron chi connectivity index (χ0n) is 9.63. The van der Waals surface area contributed by atoms with E-state index in [1.165, 1.54) is 0 Å². The molecule has 0 amide bonds. The Morgan fingerprint density at radius 2 is 2.13 bits per heavy atom. The summed E-state index contributed by atoms with van der Waals surface area (Å²) >= 11 is 0. The van der Waals surface area contributed by atoms with Crippen LogP contribution < -0.4 is 14.8 Å². The van der Waals surface area contributed by atoms with Crippen molar-refractivity contribution in [2.45, 2.75) is 19.4 Å². The lowest BCUT2D eigenvalue weighted by Crippen LogP contribution is -2.61. The summed E-state index contributed by atoms with van der Waals surface area (Å²) in [4.78, 5) is 0. The van der Waals surface area contributed by atoms with Gasteiger partial charge in [0.05, 0.1) is 7.11 Å². The number of aryl methyl sites for hydroxylation is 2. The lowest BCUT2D eigenvalue weighted by molar-refractivity contribution is 0.0315. The normalized spacial score (nSPS) is 18.4. The minimum atomic E-state index is -0.124. The molecule has 15 heavy (non-hydrogen) atoms. The van der Waals surface area contributed by atoms with Crippen LogP contribution in [0.15, 0.2) is 0 Å². The predicted octanol–water partition coefficient (Wildman–Crippen LogP) is 0.478. The van der Waals surface area contributed by atoms with Crippen molar-refractivity contribution in [3.63, 3.8) is 0 Å². The molecule has 5 nitrogen and oxygen atoms in total. The van der Waals surface area contributed by atoms with Gasteiger partial charge in [-0.3, -0.25) is 0 Å². The molecule has 0 saturated carbocycles. The number of hydrogen-bond donors (Lipinski definition) is 1. The fraction of sp³-hybridized carbons (Fsp3) is 0.700. The summed E-state index contributed by atoms with van der Waals surface area (Å²) in [5, 5.41) is 7.46. The Labute approximate surface area is 89.4 Å². The third kappa shape index (κ3) is 1.67. The van der Waals surface area contributed by atoms with Gasteiger partial charge in [-0.1, -0.05) is 0 Å². The zero-order chi connectivity index (χ0) is 11.1. The van der Waals surface area contributed by atoms with Crippen molar-refractivity contribution in [1.82, 2.24) is 15.1 Å². The number of aromatic nitrogens is 2. The fourth-order valence-corrected chi connectivity index (χ4v) is 1.76. The summed E-state index contributed by atoms with van der Waals surface area (Å²) in [6.07, 6.45) is 0. The van der Waals surface area contributed by atoms with Gasteiger partial charge in [0, 0.05) is 20.1 Å². The lowest BCUT2D eigenvalue weighted by atomic mass is 10.00. The van der Waals surface area contributed by atoms with E-state index in [0.717, 1.165) is 24.5 Å². The van der Waals surface area contributed by atoms with Gasteiger partial charge in [-0.25, -0.2) is 4.68 Å². The Kier molecular flexibility index (Phi) is 2.34. The summed E-state index contributed by atoms with van der Waals surface area (Å²) < 4.78 is 12.9. The second-order valence-corrected chi connectivity index (χ2v) is 4.20. The van der Waals surface area contributed by atoms with Gasteiger partial charge in [-0.2, -0.15) is 5.10 Å². The van der Waals surface area contributed by atoms with Gasteiger partial charge in [0.15, 0.2) is 0 Å². The van der Waals surface area contributed by atoms with E-state index in [1.54, 1.807) is 11.8 Å². The molecule has 0 radical (unpaired) electrons. The van der Waals surface area contributed by atoms with Gasteiger partial charge in [0.2, 0.25) is 5.75 Å². The Bertz CT molecular complexity index is 369. The van der Waals surface area contributed by atoms with Crippen LogP contribution >= 0.6 is 0 Å². The molecule has 1 fully saturated rings. The van der Waals surface area contributed by atoms with Crippen LogP contribution in [0.1, 0.15) is 12.6 Å². The first kappa shape index (κ1) is 10.3. The standard InChI is InChI=1S/C10H17N3O2/c1-7-8(9(14-4)13(3)12-7)15-10(2)5-11-6-10/h11H,5-6H2,1-4H3. The molecule has 2 rings (SSSR count). The van der Waals surface area contributed by atoms with Crippen LogP contribution in [0.25, 0.3) is 0 Å². The molecule has 1 aliphatic rings. The summed E-state index contributed by atoms with van der Waals surface area (Å²) in [5.41, 5.74) is 0.739. The summed E-state index contributed by atoms with van der Waals surface area (Å²) in [6, 6.07) is 0. The highest BCUT2D eigenvalue weighted by atomic mass is 16.5. The van der Waals surface area contributed by atoms with Crippen molar-refractivity contribution in [3.05, 3.63) is 5.69 Å². The molecule has 2 heterocycles. The van der Waals surface area contributed by atoms with Crippen LogP contribution in [0.2, 0.25) is 0 Å². The van der Waals surface area contributed by atoms with Crippen molar-refractivity contribution < 1.29 is 9.47 Å². The third-order valence-corrected chi connectivity index (χ3v) is 2.66. The number of methoxy groups -OCH3 is 1. The van der Waals surface area contributed by atoms with Crippen molar-refractivity contribution in [2.75, 3.05) is 20.2 Å². The molecule has 0 atom stereocenters. The molecular formula is C10H17N3O2. The van der Waals surface area contributed by atoms with E-state index in [4.69, 9.17) is 9.47 Å². The molecule has 0 spiro atoms. The predicted molar refractivity (Wildman–Crippen MR) is 56.4 cm³/mol. The fourth-order valence-electron chi connectivity index (χ4n) is 1.76. The maximum absolute atomic E-state index is 5.94. The van der Waals surface area contributed by atoms with E-state index in [2.05, 4.69) is 17.3 Å². The molecule has 1 aromatic rings. The average Bonchev–Trinajstić information content (AvgIpc) is 2.39. The van der Waals surface area contributed by atoms with Gasteiger partial charge >= 0.3 is 0 Å². The van der Waals surface area contributed by atoms with Crippen LogP contribution in [0.4, 0.5) is 0 Å². The van der Waals surface area contributed by atoms with Crippen LogP contribution in [-0.4, -0.2) is 35.6 Å². The first-order chi connectivity index (χ1) is 7.06. The molecule has 1 N–H and O–H groups in total. The van der Waals surface area contributed by atoms with Crippen molar-refractivity contribution in [1.29, 1.82) is 0 Å². The number of nitrogens with zero attached hydrogens (tertiary/aromatic N) is 2. The van der Waals surface area contributed by atoms with E-state index in [1.807, 2.05) is 14.0 Å². The maximum Gasteiger partial charge on any atom is 0.255 e. The third-order valence-electron chi connectivity index (χ3n) is 2.66. The van der Waals surface area contributed by atoms with Gasteiger partial charge < -0.3 is 14.8 Å². The summed E-state index contributed by atoms with van der Waals surface area (Å²) in [5.74, 6) is 1.43. The van der Waals surface area contributed by atoms with Crippen molar-refractivity contribution in [2.24, 2.45) is 7.05 Å². The first-order valence-corrected chi connectivity index (χ1v) is 5.03. The minimum Gasteiger partial charge on any atom is -0.479 e. The van der Waals surface area contributed by atoms with E-state index in [9.17, 15) is 0 Å². The Hall–Kier alpha value is -1.23. The second kappa shape index (κ2) is 3.41. The van der Waals surface area contributed by atoms with Gasteiger partial charge in [-0.15, -0.1) is 0 Å². The van der Waals surface area contributed by atoms with Gasteiger partial charge in [0.25, 0.3) is 5.88 Å². The number of hydrogen-bond acceptors (Lipinski definition) is 4. The highest BCUT2D eigenvalue weighted by Gasteiger charge is 2.36. The van der Waals surface area contributed by atoms with E-state index in [0.29, 0.717) is 5.88 Å². The first-order valence-electron chi connectivity index (χ1n) is 5.03. The summed E-state index contributed by atoms with van der Waals surface area (Å²) in [6.45, 7) is 5.73. The van der Waals surface area contributed by atoms with Gasteiger partial charge in [-0.05, 0) is 13.8 Å². The quantitative estimate of drug-likeness (QED) is 0.790. The molecule has 84 valence electrons. The molecule has 0 aliphatic carbocycles. The van der Waals surface area contributed by atoms with Crippen LogP contribution in [0, 0.1) is 6.92 Å². The van der Waals surface area contributed by atoms with Crippen LogP contribution in [-0.2, 0) is 7.05 Å². The molecule has 1 aromatic heterocycles. The summed E-state index contributed by atoms with van der Waals surface area (Å²) in [7, 11) is 3.48. The van der Waals surface area contributed by atoms with Crippen LogP contribution in [0.5, 0.6) is 11.6 Å². The minimum absolute atomic E-state index is 0.124. The van der Waals surface area contributed by atoms with Crippen molar-refractivity contribution in [3.8, 4) is 11.6 Å². The molecule has 0 aromatic carbocycles. The smallest absolute Gasteiger partial charge is 0.255 e. The lowest BCUT2D eigenvalue weighted by Gasteiger charge is -2.39. The maximum atomic E-state index is 5.94.